The van der Waals surface area contributed by atoms with Gasteiger partial charge in [-0.05, 0) is 17.4 Å². The van der Waals surface area contributed by atoms with E-state index in [1.807, 2.05) is 11.6 Å². The second kappa shape index (κ2) is 7.41. The predicted octanol–water partition coefficient (Wildman–Crippen LogP) is 3.72. The Bertz CT molecular complexity index is 451. The van der Waals surface area contributed by atoms with Gasteiger partial charge in [0.2, 0.25) is 0 Å². The fourth-order valence-electron chi connectivity index (χ4n) is 2.27. The summed E-state index contributed by atoms with van der Waals surface area (Å²) in [6.45, 7) is 6.62. The average molecular weight is 274 g/mol. The summed E-state index contributed by atoms with van der Waals surface area (Å²) in [5.41, 5.74) is 1.43. The lowest BCUT2D eigenvalue weighted by molar-refractivity contribution is 0.463. The lowest BCUT2D eigenvalue weighted by Crippen LogP contribution is -2.26. The van der Waals surface area contributed by atoms with Gasteiger partial charge in [-0.15, -0.1) is 11.3 Å². The maximum Gasteiger partial charge on any atom is 0.0937 e. The first-order valence-corrected chi connectivity index (χ1v) is 7.79. The average Bonchev–Trinajstić information content (AvgIpc) is 2.92. The first-order valence-electron chi connectivity index (χ1n) is 6.91. The number of hydrogen-bond donors (Lipinski definition) is 1. The zero-order valence-corrected chi connectivity index (χ0v) is 12.5. The fraction of sp³-hybridized carbons (Fsp3) is 0.438. The van der Waals surface area contributed by atoms with E-state index in [0.29, 0.717) is 11.8 Å². The summed E-state index contributed by atoms with van der Waals surface area (Å²) >= 11 is 1.73. The van der Waals surface area contributed by atoms with Crippen LogP contribution in [0.1, 0.15) is 30.3 Å². The minimum atomic E-state index is 0.581. The molecule has 1 aromatic heterocycles. The Balaban J connectivity index is 1.81. The molecule has 0 saturated heterocycles. The van der Waals surface area contributed by atoms with Gasteiger partial charge in [-0.2, -0.15) is 0 Å². The van der Waals surface area contributed by atoms with Gasteiger partial charge in [0.25, 0.3) is 0 Å². The highest BCUT2D eigenvalue weighted by atomic mass is 32.1. The third-order valence-corrected chi connectivity index (χ3v) is 4.24. The monoisotopic (exact) mass is 274 g/mol. The van der Waals surface area contributed by atoms with Crippen LogP contribution in [0.25, 0.3) is 0 Å². The summed E-state index contributed by atoms with van der Waals surface area (Å²) in [6.07, 6.45) is 2.90. The van der Waals surface area contributed by atoms with Crippen molar-refractivity contribution in [3.05, 3.63) is 52.5 Å². The number of rotatable bonds is 7. The number of hydrogen-bond acceptors (Lipinski definition) is 3. The van der Waals surface area contributed by atoms with Crippen molar-refractivity contribution >= 4 is 11.3 Å². The summed E-state index contributed by atoms with van der Waals surface area (Å²) < 4.78 is 0. The van der Waals surface area contributed by atoms with Crippen LogP contribution >= 0.6 is 11.3 Å². The van der Waals surface area contributed by atoms with Crippen LogP contribution in [0.5, 0.6) is 0 Å². The molecule has 0 bridgehead atoms. The van der Waals surface area contributed by atoms with E-state index in [0.717, 1.165) is 19.5 Å². The molecule has 1 heterocycles. The molecule has 0 radical (unpaired) electrons. The zero-order valence-electron chi connectivity index (χ0n) is 11.7. The first kappa shape index (κ1) is 14.2. The normalized spacial score (nSPS) is 12.8. The van der Waals surface area contributed by atoms with Gasteiger partial charge in [0.05, 0.1) is 5.01 Å². The summed E-state index contributed by atoms with van der Waals surface area (Å²) in [7, 11) is 0. The summed E-state index contributed by atoms with van der Waals surface area (Å²) in [5, 5.41) is 6.82. The fourth-order valence-corrected chi connectivity index (χ4v) is 2.89. The molecule has 2 aromatic rings. The molecule has 0 aliphatic carbocycles. The summed E-state index contributed by atoms with van der Waals surface area (Å²) in [6, 6.07) is 10.8. The first-order chi connectivity index (χ1) is 9.27. The van der Waals surface area contributed by atoms with Crippen LogP contribution in [0.15, 0.2) is 41.9 Å². The topological polar surface area (TPSA) is 24.9 Å². The molecule has 0 amide bonds. The van der Waals surface area contributed by atoms with Crippen LogP contribution < -0.4 is 5.32 Å². The Morgan fingerprint density at radius 3 is 2.63 bits per heavy atom. The van der Waals surface area contributed by atoms with Crippen molar-refractivity contribution in [2.45, 2.75) is 26.2 Å². The Labute approximate surface area is 119 Å². The Morgan fingerprint density at radius 1 is 1.21 bits per heavy atom. The third kappa shape index (κ3) is 4.44. The van der Waals surface area contributed by atoms with Crippen molar-refractivity contribution in [3.8, 4) is 0 Å². The van der Waals surface area contributed by atoms with E-state index < -0.39 is 0 Å². The van der Waals surface area contributed by atoms with Crippen LogP contribution in [0.2, 0.25) is 0 Å². The van der Waals surface area contributed by atoms with Gasteiger partial charge < -0.3 is 5.32 Å². The molecular formula is C16H22N2S. The van der Waals surface area contributed by atoms with Gasteiger partial charge in [-0.3, -0.25) is 0 Å². The Kier molecular flexibility index (Phi) is 5.55. The maximum atomic E-state index is 4.30. The highest BCUT2D eigenvalue weighted by Crippen LogP contribution is 2.23. The van der Waals surface area contributed by atoms with Gasteiger partial charge in [0.15, 0.2) is 0 Å². The predicted molar refractivity (Wildman–Crippen MR) is 82.7 cm³/mol. The van der Waals surface area contributed by atoms with E-state index in [1.165, 1.54) is 10.6 Å². The minimum absolute atomic E-state index is 0.581. The van der Waals surface area contributed by atoms with Gasteiger partial charge in [-0.25, -0.2) is 4.98 Å². The zero-order chi connectivity index (χ0) is 13.5. The molecule has 0 spiro atoms. The number of nitrogens with zero attached hydrogens (tertiary/aromatic N) is 1. The van der Waals surface area contributed by atoms with Gasteiger partial charge in [-0.1, -0.05) is 44.2 Å². The molecule has 0 fully saturated rings. The number of aromatic nitrogens is 1. The molecule has 0 saturated carbocycles. The largest absolute Gasteiger partial charge is 0.316 e. The quantitative estimate of drug-likeness (QED) is 0.778. The van der Waals surface area contributed by atoms with Gasteiger partial charge in [0, 0.05) is 31.1 Å². The molecule has 0 aliphatic rings. The van der Waals surface area contributed by atoms with Crippen LogP contribution in [0.3, 0.4) is 0 Å². The van der Waals surface area contributed by atoms with E-state index in [-0.39, 0.29) is 0 Å². The second-order valence-electron chi connectivity index (χ2n) is 5.14. The molecule has 1 N–H and O–H groups in total. The smallest absolute Gasteiger partial charge is 0.0937 e. The van der Waals surface area contributed by atoms with Crippen molar-refractivity contribution in [3.63, 3.8) is 0 Å². The van der Waals surface area contributed by atoms with Crippen LogP contribution in [-0.2, 0) is 6.42 Å². The molecule has 2 rings (SSSR count). The standard InChI is InChI=1S/C16H22N2S/c1-13(2)15(14-6-4-3-5-7-14)12-17-9-8-16-18-10-11-19-16/h3-7,10-11,13,15,17H,8-9,12H2,1-2H3. The lowest BCUT2D eigenvalue weighted by Gasteiger charge is -2.21. The molecule has 102 valence electrons. The SMILES string of the molecule is CC(C)C(CNCCc1nccs1)c1ccccc1. The number of benzene rings is 1. The number of nitrogens with one attached hydrogen (secondary N) is 1. The Morgan fingerprint density at radius 2 is 2.00 bits per heavy atom. The lowest BCUT2D eigenvalue weighted by atomic mass is 9.88. The van der Waals surface area contributed by atoms with E-state index in [1.54, 1.807) is 11.3 Å². The molecule has 1 atom stereocenters. The summed E-state index contributed by atoms with van der Waals surface area (Å²) in [5.74, 6) is 1.23. The highest BCUT2D eigenvalue weighted by Gasteiger charge is 2.14. The van der Waals surface area contributed by atoms with Crippen molar-refractivity contribution in [1.29, 1.82) is 0 Å². The van der Waals surface area contributed by atoms with E-state index in [2.05, 4.69) is 54.5 Å². The van der Waals surface area contributed by atoms with Crippen molar-refractivity contribution in [1.82, 2.24) is 10.3 Å². The van der Waals surface area contributed by atoms with Crippen LogP contribution in [-0.4, -0.2) is 18.1 Å². The second-order valence-corrected chi connectivity index (χ2v) is 6.12. The number of thiazole rings is 1. The molecule has 0 aliphatic heterocycles. The van der Waals surface area contributed by atoms with Crippen molar-refractivity contribution in [2.24, 2.45) is 5.92 Å². The van der Waals surface area contributed by atoms with Gasteiger partial charge >= 0.3 is 0 Å². The van der Waals surface area contributed by atoms with E-state index >= 15 is 0 Å². The molecule has 1 unspecified atom stereocenters. The van der Waals surface area contributed by atoms with Crippen molar-refractivity contribution in [2.75, 3.05) is 13.1 Å². The highest BCUT2D eigenvalue weighted by molar-refractivity contribution is 7.09. The van der Waals surface area contributed by atoms with Gasteiger partial charge in [0.1, 0.15) is 0 Å². The summed E-state index contributed by atoms with van der Waals surface area (Å²) in [4.78, 5) is 4.30. The minimum Gasteiger partial charge on any atom is -0.316 e. The Hall–Kier alpha value is -1.19. The van der Waals surface area contributed by atoms with E-state index in [4.69, 9.17) is 0 Å². The van der Waals surface area contributed by atoms with Crippen molar-refractivity contribution < 1.29 is 0 Å². The molecule has 1 aromatic carbocycles. The van der Waals surface area contributed by atoms with E-state index in [9.17, 15) is 0 Å². The molecule has 3 heteroatoms. The van der Waals surface area contributed by atoms with Crippen LogP contribution in [0, 0.1) is 5.92 Å². The van der Waals surface area contributed by atoms with Crippen LogP contribution in [0.4, 0.5) is 0 Å². The maximum absolute atomic E-state index is 4.30. The molecule has 2 nitrogen and oxygen atoms in total. The molecule has 19 heavy (non-hydrogen) atoms. The molecular weight excluding hydrogens is 252 g/mol. The third-order valence-electron chi connectivity index (χ3n) is 3.40.